The fourth-order valence-electron chi connectivity index (χ4n) is 1.39. The molecular weight excluding hydrogens is 212 g/mol. The molecule has 1 N–H and O–H groups in total. The van der Waals surface area contributed by atoms with Crippen molar-refractivity contribution >= 4 is 22.1 Å². The lowest BCUT2D eigenvalue weighted by Gasteiger charge is -2.03. The van der Waals surface area contributed by atoms with Gasteiger partial charge in [0.05, 0.1) is 12.1 Å². The van der Waals surface area contributed by atoms with E-state index in [0.717, 1.165) is 10.7 Å². The maximum Gasteiger partial charge on any atom is 0.193 e. The van der Waals surface area contributed by atoms with Crippen LogP contribution in [0.25, 0.3) is 4.96 Å². The van der Waals surface area contributed by atoms with E-state index in [1.807, 2.05) is 22.2 Å². The maximum absolute atomic E-state index is 11.4. The van der Waals surface area contributed by atoms with Gasteiger partial charge in [-0.25, -0.2) is 4.98 Å². The van der Waals surface area contributed by atoms with Gasteiger partial charge in [-0.05, 0) is 6.42 Å². The lowest BCUT2D eigenvalue weighted by Crippen LogP contribution is -2.21. The van der Waals surface area contributed by atoms with Crippen LogP contribution in [0.5, 0.6) is 0 Å². The number of hydrogen-bond donors (Lipinski definition) is 1. The molecule has 0 saturated heterocycles. The highest BCUT2D eigenvalue weighted by molar-refractivity contribution is 7.15. The predicted octanol–water partition coefficient (Wildman–Crippen LogP) is 1.28. The van der Waals surface area contributed by atoms with Crippen LogP contribution < -0.4 is 0 Å². The SMILES string of the molecule is CCC(O)C(=O)Cc1cn2ccsc2n1. The molecule has 0 aromatic carbocycles. The lowest BCUT2D eigenvalue weighted by atomic mass is 10.1. The molecule has 1 unspecified atom stereocenters. The van der Waals surface area contributed by atoms with E-state index in [0.29, 0.717) is 6.42 Å². The van der Waals surface area contributed by atoms with Crippen molar-refractivity contribution in [1.82, 2.24) is 9.38 Å². The summed E-state index contributed by atoms with van der Waals surface area (Å²) in [5.41, 5.74) is 0.722. The molecule has 0 saturated carbocycles. The van der Waals surface area contributed by atoms with Crippen molar-refractivity contribution in [3.63, 3.8) is 0 Å². The van der Waals surface area contributed by atoms with Crippen LogP contribution in [-0.4, -0.2) is 26.4 Å². The summed E-state index contributed by atoms with van der Waals surface area (Å²) >= 11 is 1.53. The summed E-state index contributed by atoms with van der Waals surface area (Å²) in [6.45, 7) is 1.79. The summed E-state index contributed by atoms with van der Waals surface area (Å²) in [6, 6.07) is 0. The molecule has 2 aromatic rings. The van der Waals surface area contributed by atoms with Crippen molar-refractivity contribution in [2.24, 2.45) is 0 Å². The summed E-state index contributed by atoms with van der Waals surface area (Å²) in [5, 5.41) is 11.3. The number of carbonyl (C=O) groups excluding carboxylic acids is 1. The Morgan fingerprint density at radius 3 is 3.20 bits per heavy atom. The molecule has 2 rings (SSSR count). The number of ketones is 1. The summed E-state index contributed by atoms with van der Waals surface area (Å²) in [4.78, 5) is 16.6. The second-order valence-electron chi connectivity index (χ2n) is 3.39. The second kappa shape index (κ2) is 4.12. The third-order valence-electron chi connectivity index (χ3n) is 2.26. The fraction of sp³-hybridized carbons (Fsp3) is 0.400. The highest BCUT2D eigenvalue weighted by atomic mass is 32.1. The zero-order valence-electron chi connectivity index (χ0n) is 8.38. The topological polar surface area (TPSA) is 54.6 Å². The first-order valence-electron chi connectivity index (χ1n) is 4.82. The van der Waals surface area contributed by atoms with Gasteiger partial charge in [-0.3, -0.25) is 9.20 Å². The van der Waals surface area contributed by atoms with Gasteiger partial charge in [0.1, 0.15) is 6.10 Å². The number of fused-ring (bicyclic) bond motifs is 1. The van der Waals surface area contributed by atoms with E-state index in [4.69, 9.17) is 0 Å². The van der Waals surface area contributed by atoms with E-state index in [-0.39, 0.29) is 12.2 Å². The molecule has 1 atom stereocenters. The first-order valence-corrected chi connectivity index (χ1v) is 5.70. The van der Waals surface area contributed by atoms with Gasteiger partial charge in [-0.15, -0.1) is 11.3 Å². The van der Waals surface area contributed by atoms with Crippen LogP contribution in [0.1, 0.15) is 19.0 Å². The zero-order chi connectivity index (χ0) is 10.8. The van der Waals surface area contributed by atoms with Gasteiger partial charge in [0.2, 0.25) is 0 Å². The number of Topliss-reactive ketones (excluding diaryl/α,β-unsaturated/α-hetero) is 1. The Hall–Kier alpha value is -1.20. The Morgan fingerprint density at radius 1 is 1.73 bits per heavy atom. The number of imidazole rings is 1. The summed E-state index contributed by atoms with van der Waals surface area (Å²) < 4.78 is 1.88. The minimum absolute atomic E-state index is 0.164. The Balaban J connectivity index is 2.12. The fourth-order valence-corrected chi connectivity index (χ4v) is 2.10. The molecule has 4 nitrogen and oxygen atoms in total. The minimum atomic E-state index is -0.857. The number of aliphatic hydroxyl groups excluding tert-OH is 1. The molecule has 0 radical (unpaired) electrons. The minimum Gasteiger partial charge on any atom is -0.385 e. The Morgan fingerprint density at radius 2 is 2.53 bits per heavy atom. The molecule has 0 bridgehead atoms. The van der Waals surface area contributed by atoms with E-state index in [1.54, 1.807) is 6.92 Å². The average molecular weight is 224 g/mol. The van der Waals surface area contributed by atoms with Crippen LogP contribution in [-0.2, 0) is 11.2 Å². The molecule has 0 spiro atoms. The van der Waals surface area contributed by atoms with Crippen LogP contribution >= 0.6 is 11.3 Å². The highest BCUT2D eigenvalue weighted by Crippen LogP contribution is 2.12. The van der Waals surface area contributed by atoms with Gasteiger partial charge in [0, 0.05) is 17.8 Å². The zero-order valence-corrected chi connectivity index (χ0v) is 9.20. The van der Waals surface area contributed by atoms with E-state index >= 15 is 0 Å². The van der Waals surface area contributed by atoms with Crippen molar-refractivity contribution in [3.8, 4) is 0 Å². The van der Waals surface area contributed by atoms with E-state index in [1.165, 1.54) is 11.3 Å². The van der Waals surface area contributed by atoms with Crippen LogP contribution in [0.4, 0.5) is 0 Å². The van der Waals surface area contributed by atoms with Crippen molar-refractivity contribution < 1.29 is 9.90 Å². The second-order valence-corrected chi connectivity index (χ2v) is 4.27. The van der Waals surface area contributed by atoms with Crippen LogP contribution in [0.2, 0.25) is 0 Å². The number of aliphatic hydroxyl groups is 1. The van der Waals surface area contributed by atoms with Crippen molar-refractivity contribution in [2.75, 3.05) is 0 Å². The summed E-state index contributed by atoms with van der Waals surface area (Å²) in [5.74, 6) is -0.164. The largest absolute Gasteiger partial charge is 0.385 e. The lowest BCUT2D eigenvalue weighted by molar-refractivity contribution is -0.126. The molecule has 0 amide bonds. The molecule has 80 valence electrons. The van der Waals surface area contributed by atoms with E-state index < -0.39 is 6.10 Å². The third-order valence-corrected chi connectivity index (χ3v) is 3.03. The Labute approximate surface area is 91.2 Å². The summed E-state index contributed by atoms with van der Waals surface area (Å²) in [7, 11) is 0. The Bertz CT molecular complexity index is 446. The van der Waals surface area contributed by atoms with E-state index in [2.05, 4.69) is 4.98 Å². The number of aromatic nitrogens is 2. The van der Waals surface area contributed by atoms with Crippen molar-refractivity contribution in [3.05, 3.63) is 23.5 Å². The average Bonchev–Trinajstić information content (AvgIpc) is 2.76. The molecule has 0 aliphatic rings. The number of carbonyl (C=O) groups is 1. The van der Waals surface area contributed by atoms with Crippen LogP contribution in [0.15, 0.2) is 17.8 Å². The van der Waals surface area contributed by atoms with Gasteiger partial charge in [-0.2, -0.15) is 0 Å². The quantitative estimate of drug-likeness (QED) is 0.851. The van der Waals surface area contributed by atoms with E-state index in [9.17, 15) is 9.90 Å². The van der Waals surface area contributed by atoms with Gasteiger partial charge in [0.25, 0.3) is 0 Å². The number of rotatable bonds is 4. The van der Waals surface area contributed by atoms with Gasteiger partial charge >= 0.3 is 0 Å². The first-order chi connectivity index (χ1) is 7.20. The molecule has 0 aliphatic heterocycles. The number of thiazole rings is 1. The molecule has 15 heavy (non-hydrogen) atoms. The standard InChI is InChI=1S/C10H12N2O2S/c1-2-8(13)9(14)5-7-6-12-3-4-15-10(12)11-7/h3-4,6,8,13H,2,5H2,1H3. The predicted molar refractivity (Wildman–Crippen MR) is 58.1 cm³/mol. The highest BCUT2D eigenvalue weighted by Gasteiger charge is 2.15. The van der Waals surface area contributed by atoms with Crippen molar-refractivity contribution in [2.45, 2.75) is 25.9 Å². The molecule has 0 aliphatic carbocycles. The van der Waals surface area contributed by atoms with Crippen LogP contribution in [0, 0.1) is 0 Å². The molecule has 5 heteroatoms. The maximum atomic E-state index is 11.4. The molecule has 0 fully saturated rings. The molecule has 2 heterocycles. The molecular formula is C10H12N2O2S. The number of hydrogen-bond acceptors (Lipinski definition) is 4. The third kappa shape index (κ3) is 2.08. The first kappa shape index (κ1) is 10.3. The van der Waals surface area contributed by atoms with Crippen molar-refractivity contribution in [1.29, 1.82) is 0 Å². The van der Waals surface area contributed by atoms with Gasteiger partial charge in [-0.1, -0.05) is 6.92 Å². The van der Waals surface area contributed by atoms with Gasteiger partial charge in [0.15, 0.2) is 10.7 Å². The van der Waals surface area contributed by atoms with Gasteiger partial charge < -0.3 is 5.11 Å². The summed E-state index contributed by atoms with van der Waals surface area (Å²) in [6.07, 6.45) is 3.54. The monoisotopic (exact) mass is 224 g/mol. The molecule has 2 aromatic heterocycles. The smallest absolute Gasteiger partial charge is 0.193 e. The number of nitrogens with zero attached hydrogens (tertiary/aromatic N) is 2. The van der Waals surface area contributed by atoms with Crippen LogP contribution in [0.3, 0.4) is 0 Å². The normalized spacial score (nSPS) is 13.2. The Kier molecular flexibility index (Phi) is 2.83.